The van der Waals surface area contributed by atoms with Crippen LogP contribution in [-0.4, -0.2) is 40.8 Å². The first kappa shape index (κ1) is 14.9. The number of carbonyl (C=O) groups is 2. The molecule has 0 radical (unpaired) electrons. The van der Waals surface area contributed by atoms with Gasteiger partial charge in [0.1, 0.15) is 0 Å². The Morgan fingerprint density at radius 3 is 2.63 bits per heavy atom. The smallest absolute Gasteiger partial charge is 0.337 e. The maximum atomic E-state index is 13.1. The molecule has 0 saturated heterocycles. The molecule has 19 heavy (non-hydrogen) atoms. The van der Waals surface area contributed by atoms with Gasteiger partial charge in [-0.15, -0.1) is 0 Å². The molecule has 7 heteroatoms. The number of benzene rings is 1. The summed E-state index contributed by atoms with van der Waals surface area (Å²) in [6.07, 6.45) is 0. The molecule has 0 aliphatic heterocycles. The van der Waals surface area contributed by atoms with Crippen LogP contribution in [-0.2, 0) is 9.59 Å². The highest BCUT2D eigenvalue weighted by Gasteiger charge is 2.30. The van der Waals surface area contributed by atoms with Crippen LogP contribution in [0.5, 0.6) is 5.75 Å². The van der Waals surface area contributed by atoms with Crippen LogP contribution in [0, 0.1) is 5.82 Å². The zero-order valence-electron chi connectivity index (χ0n) is 10.2. The quantitative estimate of drug-likeness (QED) is 0.684. The van der Waals surface area contributed by atoms with Gasteiger partial charge >= 0.3 is 5.97 Å². The third kappa shape index (κ3) is 4.55. The minimum atomic E-state index is -2.06. The van der Waals surface area contributed by atoms with Crippen molar-refractivity contribution in [2.75, 3.05) is 13.2 Å². The van der Waals surface area contributed by atoms with Gasteiger partial charge in [0.05, 0.1) is 6.54 Å². The minimum Gasteiger partial charge on any atom is -0.481 e. The summed E-state index contributed by atoms with van der Waals surface area (Å²) in [6, 6.07) is 5.57. The van der Waals surface area contributed by atoms with Crippen molar-refractivity contribution in [3.05, 3.63) is 30.1 Å². The van der Waals surface area contributed by atoms with Gasteiger partial charge in [-0.3, -0.25) is 4.79 Å². The third-order valence-electron chi connectivity index (χ3n) is 2.29. The predicted octanol–water partition coefficient (Wildman–Crippen LogP) is 0.156. The number of ether oxygens (including phenoxy) is 1. The number of amides is 1. The second-order valence-electron chi connectivity index (χ2n) is 4.07. The maximum absolute atomic E-state index is 13.1. The molecule has 0 heterocycles. The molecule has 3 N–H and O–H groups in total. The van der Waals surface area contributed by atoms with Gasteiger partial charge < -0.3 is 20.3 Å². The highest BCUT2D eigenvalue weighted by molar-refractivity contribution is 5.80. The van der Waals surface area contributed by atoms with Gasteiger partial charge in [0.25, 0.3) is 5.91 Å². The van der Waals surface area contributed by atoms with Crippen molar-refractivity contribution in [1.82, 2.24) is 5.32 Å². The molecular formula is C12H14FNO5. The summed E-state index contributed by atoms with van der Waals surface area (Å²) in [5.74, 6) is -2.80. The van der Waals surface area contributed by atoms with E-state index in [1.165, 1.54) is 18.2 Å². The van der Waals surface area contributed by atoms with E-state index in [1.807, 2.05) is 0 Å². The van der Waals surface area contributed by atoms with Crippen LogP contribution in [0.3, 0.4) is 0 Å². The van der Waals surface area contributed by atoms with E-state index in [0.717, 1.165) is 6.92 Å². The Morgan fingerprint density at radius 1 is 1.42 bits per heavy atom. The van der Waals surface area contributed by atoms with Crippen molar-refractivity contribution in [1.29, 1.82) is 0 Å². The van der Waals surface area contributed by atoms with Crippen molar-refractivity contribution in [3.8, 4) is 5.75 Å². The van der Waals surface area contributed by atoms with Crippen molar-refractivity contribution in [2.45, 2.75) is 12.5 Å². The molecule has 0 aliphatic rings. The summed E-state index contributed by atoms with van der Waals surface area (Å²) in [5.41, 5.74) is -2.06. The van der Waals surface area contributed by atoms with Gasteiger partial charge in [-0.25, -0.2) is 9.18 Å². The van der Waals surface area contributed by atoms with Crippen LogP contribution in [0.25, 0.3) is 0 Å². The summed E-state index contributed by atoms with van der Waals surface area (Å²) in [4.78, 5) is 21.9. The van der Waals surface area contributed by atoms with E-state index in [1.54, 1.807) is 6.07 Å². The number of carbonyl (C=O) groups excluding carboxylic acids is 1. The molecule has 0 saturated carbocycles. The molecule has 0 aromatic heterocycles. The van der Waals surface area contributed by atoms with Gasteiger partial charge in [0, 0.05) is 0 Å². The largest absolute Gasteiger partial charge is 0.481 e. The highest BCUT2D eigenvalue weighted by atomic mass is 19.1. The number of hydrogen-bond donors (Lipinski definition) is 3. The number of para-hydroxylation sites is 1. The number of hydrogen-bond acceptors (Lipinski definition) is 4. The standard InChI is InChI=1S/C12H14FNO5/c1-12(18,11(16)17)7-14-10(15)6-19-9-5-3-2-4-8(9)13/h2-5,18H,6-7H2,1H3,(H,14,15)(H,16,17). The number of rotatable bonds is 6. The van der Waals surface area contributed by atoms with E-state index < -0.39 is 36.4 Å². The zero-order valence-corrected chi connectivity index (χ0v) is 10.2. The van der Waals surface area contributed by atoms with Crippen LogP contribution in [0.2, 0.25) is 0 Å². The Balaban J connectivity index is 2.41. The zero-order chi connectivity index (χ0) is 14.5. The third-order valence-corrected chi connectivity index (χ3v) is 2.29. The van der Waals surface area contributed by atoms with Gasteiger partial charge in [0.2, 0.25) is 0 Å². The molecule has 1 rings (SSSR count). The SMILES string of the molecule is CC(O)(CNC(=O)COc1ccccc1F)C(=O)O. The van der Waals surface area contributed by atoms with Gasteiger partial charge in [-0.2, -0.15) is 0 Å². The Labute approximate surface area is 108 Å². The lowest BCUT2D eigenvalue weighted by Crippen LogP contribution is -2.47. The van der Waals surface area contributed by atoms with E-state index in [2.05, 4.69) is 5.32 Å². The average molecular weight is 271 g/mol. The van der Waals surface area contributed by atoms with Crippen molar-refractivity contribution < 1.29 is 28.9 Å². The highest BCUT2D eigenvalue weighted by Crippen LogP contribution is 2.14. The lowest BCUT2D eigenvalue weighted by molar-refractivity contribution is -0.156. The Bertz CT molecular complexity index is 475. The summed E-state index contributed by atoms with van der Waals surface area (Å²) in [5, 5.41) is 20.1. The normalized spacial score (nSPS) is 13.4. The van der Waals surface area contributed by atoms with Gasteiger partial charge in [0.15, 0.2) is 23.8 Å². The number of halogens is 1. The van der Waals surface area contributed by atoms with Crippen LogP contribution in [0.1, 0.15) is 6.92 Å². The fourth-order valence-electron chi connectivity index (χ4n) is 1.10. The predicted molar refractivity (Wildman–Crippen MR) is 63.2 cm³/mol. The van der Waals surface area contributed by atoms with E-state index in [4.69, 9.17) is 9.84 Å². The average Bonchev–Trinajstić information content (AvgIpc) is 2.35. The Kier molecular flexibility index (Phi) is 4.82. The Hall–Kier alpha value is -2.15. The molecule has 104 valence electrons. The first-order chi connectivity index (χ1) is 8.83. The lowest BCUT2D eigenvalue weighted by Gasteiger charge is -2.18. The first-order valence-corrected chi connectivity index (χ1v) is 5.43. The molecule has 0 aliphatic carbocycles. The number of carboxylic acids is 1. The number of aliphatic hydroxyl groups is 1. The van der Waals surface area contributed by atoms with E-state index in [-0.39, 0.29) is 5.75 Å². The summed E-state index contributed by atoms with van der Waals surface area (Å²) in [7, 11) is 0. The van der Waals surface area contributed by atoms with E-state index in [9.17, 15) is 19.1 Å². The number of aliphatic carboxylic acids is 1. The Morgan fingerprint density at radius 2 is 2.05 bits per heavy atom. The molecule has 0 bridgehead atoms. The van der Waals surface area contributed by atoms with Crippen molar-refractivity contribution in [3.63, 3.8) is 0 Å². The molecule has 0 fully saturated rings. The number of carboxylic acid groups (broad SMARTS) is 1. The van der Waals surface area contributed by atoms with Crippen LogP contribution in [0.4, 0.5) is 4.39 Å². The summed E-state index contributed by atoms with van der Waals surface area (Å²) < 4.78 is 18.1. The molecule has 1 aromatic rings. The number of nitrogens with one attached hydrogen (secondary N) is 1. The second kappa shape index (κ2) is 6.14. The lowest BCUT2D eigenvalue weighted by atomic mass is 10.1. The van der Waals surface area contributed by atoms with Crippen LogP contribution in [0.15, 0.2) is 24.3 Å². The first-order valence-electron chi connectivity index (χ1n) is 5.43. The second-order valence-corrected chi connectivity index (χ2v) is 4.07. The van der Waals surface area contributed by atoms with E-state index >= 15 is 0 Å². The maximum Gasteiger partial charge on any atom is 0.337 e. The topological polar surface area (TPSA) is 95.9 Å². The fraction of sp³-hybridized carbons (Fsp3) is 0.333. The van der Waals surface area contributed by atoms with Crippen LogP contribution < -0.4 is 10.1 Å². The monoisotopic (exact) mass is 271 g/mol. The van der Waals surface area contributed by atoms with Crippen molar-refractivity contribution >= 4 is 11.9 Å². The van der Waals surface area contributed by atoms with Crippen molar-refractivity contribution in [2.24, 2.45) is 0 Å². The molecule has 1 atom stereocenters. The minimum absolute atomic E-state index is 0.0809. The van der Waals surface area contributed by atoms with Crippen LogP contribution >= 0.6 is 0 Å². The van der Waals surface area contributed by atoms with Gasteiger partial charge in [-0.1, -0.05) is 12.1 Å². The molecule has 1 aromatic carbocycles. The fourth-order valence-corrected chi connectivity index (χ4v) is 1.10. The molecule has 1 unspecified atom stereocenters. The molecular weight excluding hydrogens is 257 g/mol. The van der Waals surface area contributed by atoms with E-state index in [0.29, 0.717) is 0 Å². The molecule has 1 amide bonds. The summed E-state index contributed by atoms with van der Waals surface area (Å²) in [6.45, 7) is 0.103. The van der Waals surface area contributed by atoms with Gasteiger partial charge in [-0.05, 0) is 19.1 Å². The molecule has 0 spiro atoms. The molecule has 6 nitrogen and oxygen atoms in total. The summed E-state index contributed by atoms with van der Waals surface area (Å²) >= 11 is 0.